The predicted molar refractivity (Wildman–Crippen MR) is 55.0 cm³/mol. The van der Waals surface area contributed by atoms with Gasteiger partial charge in [-0.05, 0) is 19.1 Å². The van der Waals surface area contributed by atoms with E-state index in [0.717, 1.165) is 0 Å². The summed E-state index contributed by atoms with van der Waals surface area (Å²) < 4.78 is 15.7. The molecule has 0 amide bonds. The molecule has 0 saturated carbocycles. The zero-order valence-electron chi connectivity index (χ0n) is 8.61. The topological polar surface area (TPSA) is 27.7 Å². The lowest BCUT2D eigenvalue weighted by atomic mass is 10.3. The maximum Gasteiger partial charge on any atom is 0.210 e. The maximum absolute atomic E-state index is 5.37. The van der Waals surface area contributed by atoms with E-state index in [4.69, 9.17) is 14.2 Å². The zero-order valence-corrected chi connectivity index (χ0v) is 8.61. The van der Waals surface area contributed by atoms with Gasteiger partial charge in [0.05, 0.1) is 20.5 Å². The van der Waals surface area contributed by atoms with Crippen molar-refractivity contribution < 1.29 is 14.2 Å². The molecule has 0 heterocycles. The minimum Gasteiger partial charge on any atom is -0.493 e. The Bertz CT molecular complexity index is 296. The molecular weight excluding hydrogens is 180 g/mol. The second kappa shape index (κ2) is 5.17. The number of benzene rings is 1. The number of ether oxygens (including phenoxy) is 3. The molecule has 1 aromatic carbocycles. The Morgan fingerprint density at radius 1 is 1.07 bits per heavy atom. The van der Waals surface area contributed by atoms with Gasteiger partial charge in [0.2, 0.25) is 5.75 Å². The Kier molecular flexibility index (Phi) is 3.85. The maximum atomic E-state index is 5.37. The summed E-state index contributed by atoms with van der Waals surface area (Å²) in [6.45, 7) is 1.88. The van der Waals surface area contributed by atoms with Crippen LogP contribution in [0.15, 0.2) is 30.5 Å². The van der Waals surface area contributed by atoms with Crippen molar-refractivity contribution >= 4 is 0 Å². The fourth-order valence-electron chi connectivity index (χ4n) is 1.07. The summed E-state index contributed by atoms with van der Waals surface area (Å²) in [5, 5.41) is 0. The van der Waals surface area contributed by atoms with Crippen molar-refractivity contribution in [1.82, 2.24) is 0 Å². The molecule has 0 N–H and O–H groups in total. The van der Waals surface area contributed by atoms with E-state index < -0.39 is 0 Å². The average Bonchev–Trinajstić information content (AvgIpc) is 2.25. The van der Waals surface area contributed by atoms with Crippen molar-refractivity contribution in [2.75, 3.05) is 14.2 Å². The lowest BCUT2D eigenvalue weighted by Gasteiger charge is -2.10. The van der Waals surface area contributed by atoms with Gasteiger partial charge in [0, 0.05) is 0 Å². The summed E-state index contributed by atoms with van der Waals surface area (Å²) in [5.41, 5.74) is 0. The minimum atomic E-state index is 0.593. The largest absolute Gasteiger partial charge is 0.493 e. The number of methoxy groups -OCH3 is 2. The van der Waals surface area contributed by atoms with E-state index in [0.29, 0.717) is 17.2 Å². The number of hydrogen-bond donors (Lipinski definition) is 0. The van der Waals surface area contributed by atoms with Gasteiger partial charge in [-0.25, -0.2) is 0 Å². The lowest BCUT2D eigenvalue weighted by molar-refractivity contribution is 0.345. The molecule has 0 aliphatic rings. The SMILES string of the molecule is C/C=C/Oc1c(OC)cccc1OC. The highest BCUT2D eigenvalue weighted by atomic mass is 16.5. The molecule has 0 saturated heterocycles. The van der Waals surface area contributed by atoms with Crippen molar-refractivity contribution in [1.29, 1.82) is 0 Å². The molecule has 76 valence electrons. The van der Waals surface area contributed by atoms with E-state index >= 15 is 0 Å². The number of para-hydroxylation sites is 1. The molecule has 0 atom stereocenters. The van der Waals surface area contributed by atoms with Crippen LogP contribution in [0.1, 0.15) is 6.92 Å². The Labute approximate surface area is 83.9 Å². The van der Waals surface area contributed by atoms with Crippen LogP contribution >= 0.6 is 0 Å². The molecule has 1 aromatic rings. The highest BCUT2D eigenvalue weighted by Crippen LogP contribution is 2.36. The van der Waals surface area contributed by atoms with Gasteiger partial charge in [-0.3, -0.25) is 0 Å². The molecule has 0 spiro atoms. The summed E-state index contributed by atoms with van der Waals surface area (Å²) >= 11 is 0. The number of allylic oxidation sites excluding steroid dienone is 1. The van der Waals surface area contributed by atoms with Crippen molar-refractivity contribution in [3.8, 4) is 17.2 Å². The monoisotopic (exact) mass is 194 g/mol. The van der Waals surface area contributed by atoms with E-state index in [2.05, 4.69) is 0 Å². The fourth-order valence-corrected chi connectivity index (χ4v) is 1.07. The molecule has 0 aliphatic carbocycles. The molecule has 3 heteroatoms. The first-order valence-corrected chi connectivity index (χ1v) is 4.32. The quantitative estimate of drug-likeness (QED) is 0.689. The van der Waals surface area contributed by atoms with Crippen LogP contribution in [0.2, 0.25) is 0 Å². The second-order valence-corrected chi connectivity index (χ2v) is 2.58. The average molecular weight is 194 g/mol. The van der Waals surface area contributed by atoms with Gasteiger partial charge in [0.1, 0.15) is 0 Å². The Morgan fingerprint density at radius 3 is 2.07 bits per heavy atom. The van der Waals surface area contributed by atoms with Gasteiger partial charge in [-0.1, -0.05) is 12.1 Å². The molecule has 0 aromatic heterocycles. The van der Waals surface area contributed by atoms with Crippen LogP contribution in [-0.2, 0) is 0 Å². The first kappa shape index (κ1) is 10.4. The summed E-state index contributed by atoms with van der Waals surface area (Å²) in [6.07, 6.45) is 3.38. The van der Waals surface area contributed by atoms with Gasteiger partial charge >= 0.3 is 0 Å². The minimum absolute atomic E-state index is 0.593. The molecule has 1 rings (SSSR count). The first-order valence-electron chi connectivity index (χ1n) is 4.32. The molecule has 0 bridgehead atoms. The van der Waals surface area contributed by atoms with Gasteiger partial charge in [0.15, 0.2) is 11.5 Å². The normalized spacial score (nSPS) is 10.2. The third-order valence-corrected chi connectivity index (χ3v) is 1.70. The Balaban J connectivity index is 3.05. The second-order valence-electron chi connectivity index (χ2n) is 2.58. The molecule has 0 radical (unpaired) electrons. The van der Waals surface area contributed by atoms with Crippen molar-refractivity contribution in [3.05, 3.63) is 30.5 Å². The standard InChI is InChI=1S/C11H14O3/c1-4-8-14-11-9(12-2)6-5-7-10(11)13-3/h4-8H,1-3H3/b8-4+. The van der Waals surface area contributed by atoms with E-state index in [9.17, 15) is 0 Å². The van der Waals surface area contributed by atoms with Crippen molar-refractivity contribution in [2.45, 2.75) is 6.92 Å². The predicted octanol–water partition coefficient (Wildman–Crippen LogP) is 2.62. The van der Waals surface area contributed by atoms with Gasteiger partial charge in [-0.2, -0.15) is 0 Å². The fraction of sp³-hybridized carbons (Fsp3) is 0.273. The van der Waals surface area contributed by atoms with E-state index in [1.54, 1.807) is 26.6 Å². The number of rotatable bonds is 4. The third-order valence-electron chi connectivity index (χ3n) is 1.70. The van der Waals surface area contributed by atoms with Crippen LogP contribution < -0.4 is 14.2 Å². The van der Waals surface area contributed by atoms with Crippen molar-refractivity contribution in [2.24, 2.45) is 0 Å². The highest BCUT2D eigenvalue weighted by Gasteiger charge is 2.09. The van der Waals surface area contributed by atoms with E-state index in [-0.39, 0.29) is 0 Å². The van der Waals surface area contributed by atoms with Crippen molar-refractivity contribution in [3.63, 3.8) is 0 Å². The van der Waals surface area contributed by atoms with Crippen LogP contribution in [-0.4, -0.2) is 14.2 Å². The summed E-state index contributed by atoms with van der Waals surface area (Å²) in [7, 11) is 3.19. The molecule has 0 aliphatic heterocycles. The third kappa shape index (κ3) is 2.19. The lowest BCUT2D eigenvalue weighted by Crippen LogP contribution is -1.93. The summed E-state index contributed by atoms with van der Waals surface area (Å²) in [6, 6.07) is 5.49. The smallest absolute Gasteiger partial charge is 0.210 e. The van der Waals surface area contributed by atoms with Gasteiger partial charge < -0.3 is 14.2 Å². The first-order chi connectivity index (χ1) is 6.83. The van der Waals surface area contributed by atoms with Crippen LogP contribution in [0.5, 0.6) is 17.2 Å². The van der Waals surface area contributed by atoms with Crippen LogP contribution in [0.3, 0.4) is 0 Å². The Hall–Kier alpha value is -1.64. The zero-order chi connectivity index (χ0) is 10.4. The molecule has 3 nitrogen and oxygen atoms in total. The molecule has 0 unspecified atom stereocenters. The molecular formula is C11H14O3. The van der Waals surface area contributed by atoms with Crippen LogP contribution in [0.25, 0.3) is 0 Å². The van der Waals surface area contributed by atoms with Crippen LogP contribution in [0.4, 0.5) is 0 Å². The number of hydrogen-bond acceptors (Lipinski definition) is 3. The molecule has 0 fully saturated rings. The van der Waals surface area contributed by atoms with E-state index in [1.165, 1.54) is 0 Å². The summed E-state index contributed by atoms with van der Waals surface area (Å²) in [4.78, 5) is 0. The Morgan fingerprint density at radius 2 is 1.64 bits per heavy atom. The summed E-state index contributed by atoms with van der Waals surface area (Å²) in [5.74, 6) is 1.90. The van der Waals surface area contributed by atoms with E-state index in [1.807, 2.05) is 25.1 Å². The van der Waals surface area contributed by atoms with Crippen LogP contribution in [0, 0.1) is 0 Å². The van der Waals surface area contributed by atoms with Gasteiger partial charge in [-0.15, -0.1) is 0 Å². The highest BCUT2D eigenvalue weighted by molar-refractivity contribution is 5.51. The molecule has 14 heavy (non-hydrogen) atoms. The van der Waals surface area contributed by atoms with Gasteiger partial charge in [0.25, 0.3) is 0 Å².